The van der Waals surface area contributed by atoms with Crippen LogP contribution in [0.3, 0.4) is 0 Å². The predicted molar refractivity (Wildman–Crippen MR) is 84.0 cm³/mol. The number of hydrogen-bond acceptors (Lipinski definition) is 3. The van der Waals surface area contributed by atoms with Crippen LogP contribution in [0.15, 0.2) is 11.1 Å². The van der Waals surface area contributed by atoms with Gasteiger partial charge in [0.2, 0.25) is 0 Å². The van der Waals surface area contributed by atoms with Crippen molar-refractivity contribution < 1.29 is 0 Å². The molecular formula is C13H22IN3O. The zero-order valence-corrected chi connectivity index (χ0v) is 13.3. The fourth-order valence-electron chi connectivity index (χ4n) is 1.74. The van der Waals surface area contributed by atoms with Gasteiger partial charge in [0.15, 0.2) is 0 Å². The Labute approximate surface area is 122 Å². The lowest BCUT2D eigenvalue weighted by molar-refractivity contribution is 0.523. The quantitative estimate of drug-likeness (QED) is 0.550. The maximum absolute atomic E-state index is 11.3. The summed E-state index contributed by atoms with van der Waals surface area (Å²) in [6, 6.07) is 0. The van der Waals surface area contributed by atoms with E-state index in [0.717, 1.165) is 18.9 Å². The Morgan fingerprint density at radius 3 is 2.78 bits per heavy atom. The molecular weight excluding hydrogens is 341 g/mol. The van der Waals surface area contributed by atoms with Gasteiger partial charge in [-0.25, -0.2) is 4.98 Å². The first-order valence-corrected chi connectivity index (χ1v) is 7.66. The molecule has 102 valence electrons. The van der Waals surface area contributed by atoms with Crippen LogP contribution in [0.2, 0.25) is 0 Å². The summed E-state index contributed by atoms with van der Waals surface area (Å²) in [6.07, 6.45) is 7.73. The monoisotopic (exact) mass is 363 g/mol. The smallest absolute Gasteiger partial charge is 0.266 e. The Hall–Kier alpha value is -0.590. The minimum atomic E-state index is -0.0787. The van der Waals surface area contributed by atoms with Crippen molar-refractivity contribution in [2.24, 2.45) is 5.92 Å². The van der Waals surface area contributed by atoms with Gasteiger partial charge in [0.1, 0.15) is 9.39 Å². The molecule has 0 spiro atoms. The number of anilines is 1. The van der Waals surface area contributed by atoms with Crippen LogP contribution in [0, 0.1) is 9.49 Å². The Morgan fingerprint density at radius 1 is 1.33 bits per heavy atom. The largest absolute Gasteiger partial charge is 0.369 e. The number of nitrogens with one attached hydrogen (secondary N) is 2. The molecule has 0 saturated heterocycles. The normalized spacial score (nSPS) is 10.9. The van der Waals surface area contributed by atoms with E-state index in [0.29, 0.717) is 9.39 Å². The summed E-state index contributed by atoms with van der Waals surface area (Å²) in [7, 11) is 0. The van der Waals surface area contributed by atoms with Crippen LogP contribution in [-0.4, -0.2) is 16.5 Å². The van der Waals surface area contributed by atoms with Crippen molar-refractivity contribution in [2.75, 3.05) is 11.9 Å². The molecule has 0 fully saturated rings. The summed E-state index contributed by atoms with van der Waals surface area (Å²) in [6.45, 7) is 5.42. The summed E-state index contributed by atoms with van der Waals surface area (Å²) in [5.74, 6) is 1.51. The Balaban J connectivity index is 2.15. The van der Waals surface area contributed by atoms with Gasteiger partial charge in [-0.15, -0.1) is 0 Å². The zero-order chi connectivity index (χ0) is 13.4. The number of halogens is 1. The molecule has 0 atom stereocenters. The molecule has 18 heavy (non-hydrogen) atoms. The molecule has 2 N–H and O–H groups in total. The molecule has 0 amide bonds. The molecule has 4 nitrogen and oxygen atoms in total. The van der Waals surface area contributed by atoms with Gasteiger partial charge in [-0.3, -0.25) is 4.79 Å². The number of hydrogen-bond donors (Lipinski definition) is 2. The van der Waals surface area contributed by atoms with Crippen LogP contribution in [-0.2, 0) is 0 Å². The molecule has 0 radical (unpaired) electrons. The van der Waals surface area contributed by atoms with Gasteiger partial charge in [0, 0.05) is 6.54 Å². The maximum Gasteiger partial charge on any atom is 0.266 e. The van der Waals surface area contributed by atoms with E-state index in [4.69, 9.17) is 0 Å². The second-order valence-electron chi connectivity index (χ2n) is 4.92. The second kappa shape index (κ2) is 8.50. The van der Waals surface area contributed by atoms with Crippen LogP contribution in [0.25, 0.3) is 0 Å². The number of rotatable bonds is 8. The highest BCUT2D eigenvalue weighted by atomic mass is 127. The number of aromatic amines is 1. The molecule has 0 aliphatic rings. The highest BCUT2D eigenvalue weighted by Crippen LogP contribution is 2.11. The van der Waals surface area contributed by atoms with Gasteiger partial charge in [-0.1, -0.05) is 39.5 Å². The Bertz CT molecular complexity index is 403. The van der Waals surface area contributed by atoms with Gasteiger partial charge in [0.25, 0.3) is 5.56 Å². The SMILES string of the molecule is CC(C)CCCCCCNc1nc[nH]c(=O)c1I. The van der Waals surface area contributed by atoms with Crippen molar-refractivity contribution >= 4 is 28.4 Å². The molecule has 1 aromatic heterocycles. The number of aromatic nitrogens is 2. The van der Waals surface area contributed by atoms with Crippen LogP contribution >= 0.6 is 22.6 Å². The summed E-state index contributed by atoms with van der Waals surface area (Å²) >= 11 is 2.02. The molecule has 0 bridgehead atoms. The molecule has 0 aliphatic heterocycles. The van der Waals surface area contributed by atoms with Crippen LogP contribution in [0.4, 0.5) is 5.82 Å². The minimum absolute atomic E-state index is 0.0787. The van der Waals surface area contributed by atoms with E-state index in [1.54, 1.807) is 0 Å². The minimum Gasteiger partial charge on any atom is -0.369 e. The van der Waals surface area contributed by atoms with Gasteiger partial charge in [-0.05, 0) is 34.9 Å². The van der Waals surface area contributed by atoms with E-state index in [-0.39, 0.29) is 5.56 Å². The molecule has 0 aromatic carbocycles. The lowest BCUT2D eigenvalue weighted by Gasteiger charge is -2.07. The lowest BCUT2D eigenvalue weighted by Crippen LogP contribution is -2.15. The molecule has 0 saturated carbocycles. The van der Waals surface area contributed by atoms with E-state index < -0.39 is 0 Å². The molecule has 0 unspecified atom stereocenters. The van der Waals surface area contributed by atoms with Crippen molar-refractivity contribution in [1.82, 2.24) is 9.97 Å². The van der Waals surface area contributed by atoms with Gasteiger partial charge < -0.3 is 10.3 Å². The lowest BCUT2D eigenvalue weighted by atomic mass is 10.0. The van der Waals surface area contributed by atoms with Crippen molar-refractivity contribution in [3.63, 3.8) is 0 Å². The van der Waals surface area contributed by atoms with Crippen molar-refractivity contribution in [3.8, 4) is 0 Å². The number of nitrogens with zero attached hydrogens (tertiary/aromatic N) is 1. The van der Waals surface area contributed by atoms with E-state index in [1.165, 1.54) is 32.0 Å². The first-order valence-electron chi connectivity index (χ1n) is 6.58. The first-order chi connectivity index (χ1) is 8.61. The molecule has 1 aromatic rings. The van der Waals surface area contributed by atoms with Crippen LogP contribution in [0.1, 0.15) is 46.0 Å². The van der Waals surface area contributed by atoms with Crippen molar-refractivity contribution in [2.45, 2.75) is 46.0 Å². The number of H-pyrrole nitrogens is 1. The summed E-state index contributed by atoms with van der Waals surface area (Å²) in [5.41, 5.74) is -0.0787. The Kier molecular flexibility index (Phi) is 7.31. The first kappa shape index (κ1) is 15.5. The molecule has 5 heteroatoms. The fourth-order valence-corrected chi connectivity index (χ4v) is 2.23. The van der Waals surface area contributed by atoms with E-state index >= 15 is 0 Å². The predicted octanol–water partition coefficient (Wildman–Crippen LogP) is 3.39. The van der Waals surface area contributed by atoms with Gasteiger partial charge >= 0.3 is 0 Å². The highest BCUT2D eigenvalue weighted by molar-refractivity contribution is 14.1. The number of unbranched alkanes of at least 4 members (excludes halogenated alkanes) is 3. The highest BCUT2D eigenvalue weighted by Gasteiger charge is 2.03. The maximum atomic E-state index is 11.3. The van der Waals surface area contributed by atoms with Gasteiger partial charge in [0.05, 0.1) is 6.33 Å². The van der Waals surface area contributed by atoms with Crippen LogP contribution < -0.4 is 10.9 Å². The van der Waals surface area contributed by atoms with Crippen LogP contribution in [0.5, 0.6) is 0 Å². The van der Waals surface area contributed by atoms with E-state index in [2.05, 4.69) is 29.1 Å². The molecule has 1 rings (SSSR count). The average molecular weight is 363 g/mol. The van der Waals surface area contributed by atoms with E-state index in [9.17, 15) is 4.79 Å². The summed E-state index contributed by atoms with van der Waals surface area (Å²) in [4.78, 5) is 18.0. The average Bonchev–Trinajstić information content (AvgIpc) is 2.32. The van der Waals surface area contributed by atoms with Crippen molar-refractivity contribution in [3.05, 3.63) is 20.3 Å². The zero-order valence-electron chi connectivity index (χ0n) is 11.1. The second-order valence-corrected chi connectivity index (χ2v) is 6.00. The third-order valence-electron chi connectivity index (χ3n) is 2.80. The molecule has 1 heterocycles. The third-order valence-corrected chi connectivity index (χ3v) is 3.80. The standard InChI is InChI=1S/C13H22IN3O/c1-10(2)7-5-3-4-6-8-15-12-11(14)13(18)17-9-16-12/h9-10H,3-8H2,1-2H3,(H2,15,16,17,18). The van der Waals surface area contributed by atoms with Gasteiger partial charge in [-0.2, -0.15) is 0 Å². The summed E-state index contributed by atoms with van der Waals surface area (Å²) < 4.78 is 0.634. The van der Waals surface area contributed by atoms with E-state index in [1.807, 2.05) is 22.6 Å². The van der Waals surface area contributed by atoms with Crippen molar-refractivity contribution in [1.29, 1.82) is 0 Å². The fraction of sp³-hybridized carbons (Fsp3) is 0.692. The summed E-state index contributed by atoms with van der Waals surface area (Å²) in [5, 5.41) is 3.21. The topological polar surface area (TPSA) is 57.8 Å². The molecule has 0 aliphatic carbocycles. The Morgan fingerprint density at radius 2 is 2.06 bits per heavy atom. The third kappa shape index (κ3) is 5.84.